The van der Waals surface area contributed by atoms with Gasteiger partial charge >= 0.3 is 6.09 Å². The molecule has 2 atom stereocenters. The Morgan fingerprint density at radius 1 is 1.10 bits per heavy atom. The number of benzene rings is 2. The summed E-state index contributed by atoms with van der Waals surface area (Å²) in [7, 11) is 0. The van der Waals surface area contributed by atoms with Crippen LogP contribution in [0, 0.1) is 31.1 Å². The van der Waals surface area contributed by atoms with Gasteiger partial charge < -0.3 is 25.4 Å². The Morgan fingerprint density at radius 2 is 1.72 bits per heavy atom. The largest absolute Gasteiger partial charge is 0.507 e. The van der Waals surface area contributed by atoms with Gasteiger partial charge in [-0.2, -0.15) is 5.26 Å². The van der Waals surface area contributed by atoms with Gasteiger partial charge in [0.2, 0.25) is 5.91 Å². The highest BCUT2D eigenvalue weighted by molar-refractivity contribution is 6.34. The van der Waals surface area contributed by atoms with Crippen LogP contribution in [-0.2, 0) is 14.3 Å². The fourth-order valence-corrected chi connectivity index (χ4v) is 4.32. The summed E-state index contributed by atoms with van der Waals surface area (Å²) in [4.78, 5) is 41.5. The molecule has 2 aromatic carbocycles. The lowest BCUT2D eigenvalue weighted by molar-refractivity contribution is -0.140. The number of nitriles is 1. The van der Waals surface area contributed by atoms with Gasteiger partial charge in [-0.15, -0.1) is 0 Å². The Bertz CT molecular complexity index is 1230. The number of halogens is 1. The first kappa shape index (κ1) is 31.4. The third-order valence-electron chi connectivity index (χ3n) is 5.81. The molecule has 2 unspecified atom stereocenters. The van der Waals surface area contributed by atoms with Gasteiger partial charge in [-0.1, -0.05) is 55.8 Å². The minimum Gasteiger partial charge on any atom is -0.507 e. The van der Waals surface area contributed by atoms with Crippen molar-refractivity contribution in [2.24, 2.45) is 5.92 Å². The maximum Gasteiger partial charge on any atom is 0.408 e. The number of para-hydroxylation sites is 2. The van der Waals surface area contributed by atoms with Crippen molar-refractivity contribution >= 4 is 35.2 Å². The second kappa shape index (κ2) is 13.3. The summed E-state index contributed by atoms with van der Waals surface area (Å²) < 4.78 is 5.35. The molecule has 0 fully saturated rings. The number of hydrogen-bond acceptors (Lipinski definition) is 6. The molecule has 210 valence electrons. The number of aromatic hydroxyl groups is 1. The van der Waals surface area contributed by atoms with Crippen molar-refractivity contribution in [1.29, 1.82) is 5.26 Å². The van der Waals surface area contributed by atoms with E-state index in [0.29, 0.717) is 16.8 Å². The zero-order valence-corrected chi connectivity index (χ0v) is 24.2. The molecule has 0 bridgehead atoms. The summed E-state index contributed by atoms with van der Waals surface area (Å²) in [5, 5.41) is 26.3. The summed E-state index contributed by atoms with van der Waals surface area (Å²) in [5.74, 6) is -1.57. The van der Waals surface area contributed by atoms with Crippen molar-refractivity contribution in [2.45, 2.75) is 72.6 Å². The summed E-state index contributed by atoms with van der Waals surface area (Å²) in [6, 6.07) is 9.37. The Kier molecular flexibility index (Phi) is 10.8. The van der Waals surface area contributed by atoms with E-state index >= 15 is 0 Å². The summed E-state index contributed by atoms with van der Waals surface area (Å²) >= 11 is 6.34. The van der Waals surface area contributed by atoms with Crippen molar-refractivity contribution in [2.75, 3.05) is 11.9 Å². The van der Waals surface area contributed by atoms with Gasteiger partial charge in [-0.25, -0.2) is 4.79 Å². The molecule has 0 saturated heterocycles. The van der Waals surface area contributed by atoms with Crippen LogP contribution in [0.5, 0.6) is 5.75 Å². The van der Waals surface area contributed by atoms with Gasteiger partial charge in [0.05, 0.1) is 16.8 Å². The maximum atomic E-state index is 14.0. The van der Waals surface area contributed by atoms with E-state index in [1.54, 1.807) is 65.0 Å². The molecular formula is C29H37ClN4O5. The second-order valence-electron chi connectivity index (χ2n) is 10.8. The Morgan fingerprint density at radius 3 is 2.28 bits per heavy atom. The molecule has 0 aromatic heterocycles. The van der Waals surface area contributed by atoms with E-state index < -0.39 is 42.1 Å². The number of nitrogens with one attached hydrogen (secondary N) is 2. The van der Waals surface area contributed by atoms with Crippen LogP contribution in [0.15, 0.2) is 36.4 Å². The number of carbonyl (C=O) groups excluding carboxylic acids is 3. The van der Waals surface area contributed by atoms with Gasteiger partial charge in [0.15, 0.2) is 0 Å². The average molecular weight is 557 g/mol. The van der Waals surface area contributed by atoms with Gasteiger partial charge in [0.25, 0.3) is 5.91 Å². The fourth-order valence-electron chi connectivity index (χ4n) is 4.05. The molecule has 39 heavy (non-hydrogen) atoms. The zero-order valence-electron chi connectivity index (χ0n) is 23.5. The van der Waals surface area contributed by atoms with Crippen molar-refractivity contribution in [3.8, 4) is 11.8 Å². The smallest absolute Gasteiger partial charge is 0.408 e. The molecule has 0 saturated carbocycles. The second-order valence-corrected chi connectivity index (χ2v) is 11.2. The van der Waals surface area contributed by atoms with E-state index in [-0.39, 0.29) is 28.7 Å². The van der Waals surface area contributed by atoms with Crippen LogP contribution in [-0.4, -0.2) is 46.1 Å². The number of phenolic OH excluding ortho intramolecular Hbond substituents is 1. The topological polar surface area (TPSA) is 132 Å². The molecule has 0 aliphatic carbocycles. The SMILES string of the molecule is Cc1cccc(C(C(=O)Nc2c(C)cccc2Cl)N(CC#N)C(=O)C(CC(C)C)NC(=O)OC(C)(C)C)c1O. The van der Waals surface area contributed by atoms with Gasteiger partial charge in [0, 0.05) is 5.56 Å². The van der Waals surface area contributed by atoms with Crippen LogP contribution in [0.3, 0.4) is 0 Å². The number of nitrogens with zero attached hydrogens (tertiary/aromatic N) is 2. The van der Waals surface area contributed by atoms with E-state index in [1.807, 2.05) is 19.9 Å². The molecule has 0 aliphatic rings. The van der Waals surface area contributed by atoms with Gasteiger partial charge in [-0.3, -0.25) is 9.59 Å². The zero-order chi connectivity index (χ0) is 29.5. The third kappa shape index (κ3) is 8.62. The molecule has 3 amide bonds. The predicted octanol–water partition coefficient (Wildman–Crippen LogP) is 5.63. The normalized spacial score (nSPS) is 12.7. The molecule has 10 heteroatoms. The van der Waals surface area contributed by atoms with E-state index in [4.69, 9.17) is 16.3 Å². The number of carbonyl (C=O) groups is 3. The number of ether oxygens (including phenoxy) is 1. The first-order valence-corrected chi connectivity index (χ1v) is 13.1. The first-order valence-electron chi connectivity index (χ1n) is 12.7. The van der Waals surface area contributed by atoms with Gasteiger partial charge in [0.1, 0.15) is 30.0 Å². The molecule has 3 N–H and O–H groups in total. The molecule has 0 heterocycles. The minimum atomic E-state index is -1.41. The number of alkyl carbamates (subject to hydrolysis) is 1. The Hall–Kier alpha value is -3.77. The van der Waals surface area contributed by atoms with Crippen LogP contribution in [0.1, 0.15) is 63.8 Å². The van der Waals surface area contributed by atoms with E-state index in [0.717, 1.165) is 4.90 Å². The molecule has 0 aliphatic heterocycles. The van der Waals surface area contributed by atoms with Crippen LogP contribution >= 0.6 is 11.6 Å². The van der Waals surface area contributed by atoms with E-state index in [2.05, 4.69) is 10.6 Å². The lowest BCUT2D eigenvalue weighted by Gasteiger charge is -2.34. The quantitative estimate of drug-likeness (QED) is 0.343. The monoisotopic (exact) mass is 556 g/mol. The van der Waals surface area contributed by atoms with E-state index in [1.165, 1.54) is 6.07 Å². The highest BCUT2D eigenvalue weighted by Crippen LogP contribution is 2.34. The molecule has 9 nitrogen and oxygen atoms in total. The third-order valence-corrected chi connectivity index (χ3v) is 6.13. The molecular weight excluding hydrogens is 520 g/mol. The molecule has 0 spiro atoms. The number of rotatable bonds is 9. The minimum absolute atomic E-state index is 0.0248. The molecule has 0 radical (unpaired) electrons. The summed E-state index contributed by atoms with van der Waals surface area (Å²) in [5.41, 5.74) is 0.835. The van der Waals surface area contributed by atoms with Crippen molar-refractivity contribution in [1.82, 2.24) is 10.2 Å². The Balaban J connectivity index is 2.61. The van der Waals surface area contributed by atoms with Crippen LogP contribution in [0.25, 0.3) is 0 Å². The highest BCUT2D eigenvalue weighted by atomic mass is 35.5. The number of phenols is 1. The predicted molar refractivity (Wildman–Crippen MR) is 150 cm³/mol. The van der Waals surface area contributed by atoms with Gasteiger partial charge in [-0.05, 0) is 64.2 Å². The number of amides is 3. The fraction of sp³-hybridized carbons (Fsp3) is 0.448. The van der Waals surface area contributed by atoms with Crippen LogP contribution in [0.4, 0.5) is 10.5 Å². The maximum absolute atomic E-state index is 14.0. The van der Waals surface area contributed by atoms with E-state index in [9.17, 15) is 24.8 Å². The lowest BCUT2D eigenvalue weighted by atomic mass is 9.97. The standard InChI is InChI=1S/C29H37ClN4O5/c1-17(2)16-22(32-28(38)39-29(5,6)7)27(37)34(15-14-31)24(20-12-8-11-19(4)25(20)35)26(36)33-23-18(3)10-9-13-21(23)30/h8-13,17,22,24,35H,15-16H2,1-7H3,(H,32,38)(H,33,36). The number of hydrogen-bond donors (Lipinski definition) is 3. The van der Waals surface area contributed by atoms with Crippen LogP contribution < -0.4 is 10.6 Å². The number of anilines is 1. The molecule has 2 rings (SSSR count). The van der Waals surface area contributed by atoms with Crippen molar-refractivity contribution < 1.29 is 24.2 Å². The van der Waals surface area contributed by atoms with Crippen LogP contribution in [0.2, 0.25) is 5.02 Å². The Labute approximate surface area is 235 Å². The average Bonchev–Trinajstić information content (AvgIpc) is 2.81. The van der Waals surface area contributed by atoms with Crippen molar-refractivity contribution in [3.63, 3.8) is 0 Å². The van der Waals surface area contributed by atoms with Crippen molar-refractivity contribution in [3.05, 3.63) is 58.1 Å². The lowest BCUT2D eigenvalue weighted by Crippen LogP contribution is -2.53. The summed E-state index contributed by atoms with van der Waals surface area (Å²) in [6.07, 6.45) is -0.581. The molecule has 2 aromatic rings. The first-order chi connectivity index (χ1) is 18.2. The summed E-state index contributed by atoms with van der Waals surface area (Å²) in [6.45, 7) is 11.8. The highest BCUT2D eigenvalue weighted by Gasteiger charge is 2.38. The number of aryl methyl sites for hydroxylation is 2.